The molecular formula is C10H13ClN2O3S. The zero-order valence-corrected chi connectivity index (χ0v) is 10.6. The van der Waals surface area contributed by atoms with Gasteiger partial charge in [0, 0.05) is 22.9 Å². The first-order valence-electron chi connectivity index (χ1n) is 5.41. The van der Waals surface area contributed by atoms with Crippen LogP contribution in [0.5, 0.6) is 0 Å². The van der Waals surface area contributed by atoms with E-state index in [0.29, 0.717) is 0 Å². The molecule has 0 aromatic carbocycles. The van der Waals surface area contributed by atoms with Crippen molar-refractivity contribution in [3.8, 4) is 0 Å². The molecule has 0 bridgehead atoms. The van der Waals surface area contributed by atoms with Crippen LogP contribution in [0.2, 0.25) is 0 Å². The molecule has 0 aliphatic heterocycles. The molecule has 1 aromatic heterocycles. The molecule has 0 radical (unpaired) electrons. The van der Waals surface area contributed by atoms with Gasteiger partial charge >= 0.3 is 0 Å². The van der Waals surface area contributed by atoms with E-state index in [1.54, 1.807) is 0 Å². The van der Waals surface area contributed by atoms with E-state index in [2.05, 4.69) is 10.3 Å². The van der Waals surface area contributed by atoms with E-state index in [0.717, 1.165) is 25.7 Å². The van der Waals surface area contributed by atoms with Crippen LogP contribution in [-0.4, -0.2) is 25.4 Å². The summed E-state index contributed by atoms with van der Waals surface area (Å²) in [4.78, 5) is 14.3. The lowest BCUT2D eigenvalue weighted by Crippen LogP contribution is -2.32. The molecule has 0 spiro atoms. The Morgan fingerprint density at radius 3 is 2.59 bits per heavy atom. The highest BCUT2D eigenvalue weighted by Crippen LogP contribution is 2.19. The van der Waals surface area contributed by atoms with Crippen molar-refractivity contribution in [2.45, 2.75) is 36.6 Å². The second-order valence-electron chi connectivity index (χ2n) is 4.14. The van der Waals surface area contributed by atoms with Crippen LogP contribution in [-0.2, 0) is 9.05 Å². The van der Waals surface area contributed by atoms with Gasteiger partial charge in [0.25, 0.3) is 15.0 Å². The Bertz CT molecular complexity index is 517. The Hall–Kier alpha value is -1.01. The Kier molecular flexibility index (Phi) is 3.44. The van der Waals surface area contributed by atoms with Crippen molar-refractivity contribution in [3.05, 3.63) is 18.0 Å². The van der Waals surface area contributed by atoms with Gasteiger partial charge in [-0.1, -0.05) is 12.8 Å². The molecule has 1 aliphatic carbocycles. The van der Waals surface area contributed by atoms with Crippen molar-refractivity contribution in [3.63, 3.8) is 0 Å². The van der Waals surface area contributed by atoms with Crippen LogP contribution in [0.25, 0.3) is 0 Å². The summed E-state index contributed by atoms with van der Waals surface area (Å²) in [5, 5.41) is 2.85. The van der Waals surface area contributed by atoms with E-state index in [4.69, 9.17) is 10.7 Å². The summed E-state index contributed by atoms with van der Waals surface area (Å²) in [6.07, 6.45) is 5.42. The van der Waals surface area contributed by atoms with E-state index in [1.165, 1.54) is 12.3 Å². The summed E-state index contributed by atoms with van der Waals surface area (Å²) in [7, 11) is 1.39. The minimum absolute atomic E-state index is 0.0873. The molecule has 0 atom stereocenters. The van der Waals surface area contributed by atoms with Gasteiger partial charge in [-0.2, -0.15) is 0 Å². The zero-order chi connectivity index (χ0) is 12.5. The van der Waals surface area contributed by atoms with Crippen LogP contribution in [0, 0.1) is 0 Å². The molecule has 1 aromatic rings. The number of aromatic amines is 1. The average molecular weight is 277 g/mol. The summed E-state index contributed by atoms with van der Waals surface area (Å²) in [6.45, 7) is 0. The van der Waals surface area contributed by atoms with E-state index in [1.807, 2.05) is 0 Å². The lowest BCUT2D eigenvalue weighted by atomic mass is 10.2. The Balaban J connectivity index is 2.07. The summed E-state index contributed by atoms with van der Waals surface area (Å²) < 4.78 is 22.1. The minimum atomic E-state index is -3.78. The van der Waals surface area contributed by atoms with E-state index < -0.39 is 9.05 Å². The van der Waals surface area contributed by atoms with Crippen LogP contribution >= 0.6 is 10.7 Å². The molecule has 0 saturated heterocycles. The summed E-state index contributed by atoms with van der Waals surface area (Å²) >= 11 is 0. The zero-order valence-electron chi connectivity index (χ0n) is 9.07. The van der Waals surface area contributed by atoms with Crippen molar-refractivity contribution in [1.82, 2.24) is 10.3 Å². The molecule has 1 amide bonds. The predicted molar refractivity (Wildman–Crippen MR) is 63.6 cm³/mol. The van der Waals surface area contributed by atoms with Crippen LogP contribution < -0.4 is 5.32 Å². The topological polar surface area (TPSA) is 79.0 Å². The fraction of sp³-hybridized carbons (Fsp3) is 0.500. The quantitative estimate of drug-likeness (QED) is 0.823. The molecule has 5 nitrogen and oxygen atoms in total. The number of nitrogens with one attached hydrogen (secondary N) is 2. The standard InChI is InChI=1S/C10H13ClN2O3S/c11-17(15,16)8-5-9(12-6-8)10(14)13-7-3-1-2-4-7/h5-7,12H,1-4H2,(H,13,14). The second kappa shape index (κ2) is 4.70. The van der Waals surface area contributed by atoms with Crippen molar-refractivity contribution in [1.29, 1.82) is 0 Å². The molecular weight excluding hydrogens is 264 g/mol. The molecule has 1 fully saturated rings. The van der Waals surface area contributed by atoms with Crippen molar-refractivity contribution in [2.75, 3.05) is 0 Å². The Morgan fingerprint density at radius 1 is 1.41 bits per heavy atom. The van der Waals surface area contributed by atoms with E-state index in [9.17, 15) is 13.2 Å². The normalized spacial score (nSPS) is 17.2. The fourth-order valence-corrected chi connectivity index (χ4v) is 2.71. The summed E-state index contributed by atoms with van der Waals surface area (Å²) in [5.74, 6) is -0.288. The highest BCUT2D eigenvalue weighted by molar-refractivity contribution is 8.13. The molecule has 17 heavy (non-hydrogen) atoms. The molecule has 1 aliphatic rings. The number of hydrogen-bond acceptors (Lipinski definition) is 3. The first-order valence-corrected chi connectivity index (χ1v) is 7.72. The van der Waals surface area contributed by atoms with Gasteiger partial charge in [0.05, 0.1) is 0 Å². The average Bonchev–Trinajstić information content (AvgIpc) is 2.85. The molecule has 2 rings (SSSR count). The van der Waals surface area contributed by atoms with Gasteiger partial charge in [0.15, 0.2) is 0 Å². The maximum Gasteiger partial charge on any atom is 0.267 e. The molecule has 1 heterocycles. The number of rotatable bonds is 3. The second-order valence-corrected chi connectivity index (χ2v) is 6.71. The third-order valence-electron chi connectivity index (χ3n) is 2.87. The van der Waals surface area contributed by atoms with Gasteiger partial charge < -0.3 is 10.3 Å². The predicted octanol–water partition coefficient (Wildman–Crippen LogP) is 1.61. The third-order valence-corrected chi connectivity index (χ3v) is 4.21. The SMILES string of the molecule is O=C(NC1CCCC1)c1cc(S(=O)(=O)Cl)c[nH]1. The lowest BCUT2D eigenvalue weighted by molar-refractivity contribution is 0.0933. The van der Waals surface area contributed by atoms with Crippen molar-refractivity contribution < 1.29 is 13.2 Å². The molecule has 94 valence electrons. The number of hydrogen-bond donors (Lipinski definition) is 2. The first kappa shape index (κ1) is 12.4. The third kappa shape index (κ3) is 3.01. The monoisotopic (exact) mass is 276 g/mol. The Labute approximate surface area is 104 Å². The maximum atomic E-state index is 11.8. The number of carbonyl (C=O) groups excluding carboxylic acids is 1. The minimum Gasteiger partial charge on any atom is -0.356 e. The van der Waals surface area contributed by atoms with Crippen LogP contribution in [0.4, 0.5) is 0 Å². The number of H-pyrrole nitrogens is 1. The van der Waals surface area contributed by atoms with Gasteiger partial charge in [0.2, 0.25) is 0 Å². The Morgan fingerprint density at radius 2 is 2.06 bits per heavy atom. The smallest absolute Gasteiger partial charge is 0.267 e. The molecule has 1 saturated carbocycles. The van der Waals surface area contributed by atoms with Gasteiger partial charge in [-0.3, -0.25) is 4.79 Å². The van der Waals surface area contributed by atoms with E-state index >= 15 is 0 Å². The summed E-state index contributed by atoms with van der Waals surface area (Å²) in [5.41, 5.74) is 0.219. The molecule has 7 heteroatoms. The largest absolute Gasteiger partial charge is 0.356 e. The number of carbonyl (C=O) groups is 1. The highest BCUT2D eigenvalue weighted by Gasteiger charge is 2.20. The lowest BCUT2D eigenvalue weighted by Gasteiger charge is -2.10. The number of halogens is 1. The van der Waals surface area contributed by atoms with Crippen LogP contribution in [0.3, 0.4) is 0 Å². The molecule has 2 N–H and O–H groups in total. The van der Waals surface area contributed by atoms with E-state index in [-0.39, 0.29) is 22.5 Å². The molecule has 0 unspecified atom stereocenters. The van der Waals surface area contributed by atoms with Crippen LogP contribution in [0.15, 0.2) is 17.2 Å². The van der Waals surface area contributed by atoms with Gasteiger partial charge in [0.1, 0.15) is 10.6 Å². The summed E-state index contributed by atoms with van der Waals surface area (Å²) in [6, 6.07) is 1.44. The number of amides is 1. The first-order chi connectivity index (χ1) is 7.97. The van der Waals surface area contributed by atoms with Crippen molar-refractivity contribution >= 4 is 25.6 Å². The van der Waals surface area contributed by atoms with Gasteiger partial charge in [-0.25, -0.2) is 8.42 Å². The number of aromatic nitrogens is 1. The van der Waals surface area contributed by atoms with Gasteiger partial charge in [-0.05, 0) is 18.9 Å². The van der Waals surface area contributed by atoms with Gasteiger partial charge in [-0.15, -0.1) is 0 Å². The maximum absolute atomic E-state index is 11.8. The van der Waals surface area contributed by atoms with Crippen LogP contribution in [0.1, 0.15) is 36.2 Å². The van der Waals surface area contributed by atoms with Crippen molar-refractivity contribution in [2.24, 2.45) is 0 Å². The highest BCUT2D eigenvalue weighted by atomic mass is 35.7. The fourth-order valence-electron chi connectivity index (χ4n) is 1.98.